The van der Waals surface area contributed by atoms with Crippen molar-refractivity contribution < 1.29 is 13.7 Å². The van der Waals surface area contributed by atoms with Gasteiger partial charge in [-0.05, 0) is 30.7 Å². The van der Waals surface area contributed by atoms with Gasteiger partial charge in [-0.1, -0.05) is 0 Å². The van der Waals surface area contributed by atoms with Gasteiger partial charge in [-0.15, -0.1) is 0 Å². The summed E-state index contributed by atoms with van der Waals surface area (Å²) in [6.07, 6.45) is 0. The van der Waals surface area contributed by atoms with Gasteiger partial charge in [-0.2, -0.15) is 0 Å². The molecule has 19 heavy (non-hydrogen) atoms. The van der Waals surface area contributed by atoms with Crippen molar-refractivity contribution in [1.29, 1.82) is 0 Å². The third kappa shape index (κ3) is 2.50. The number of benzene rings is 1. The van der Waals surface area contributed by atoms with Crippen LogP contribution < -0.4 is 0 Å². The SMILES string of the molecule is Cc1nc(Cl)nc(-c2ccc(F)cc2F)c1[N+](=O)[O-]. The molecule has 5 nitrogen and oxygen atoms in total. The van der Waals surface area contributed by atoms with Gasteiger partial charge in [0, 0.05) is 11.6 Å². The van der Waals surface area contributed by atoms with Crippen molar-refractivity contribution in [1.82, 2.24) is 9.97 Å². The van der Waals surface area contributed by atoms with Crippen molar-refractivity contribution in [3.05, 3.63) is 50.9 Å². The highest BCUT2D eigenvalue weighted by Gasteiger charge is 2.25. The summed E-state index contributed by atoms with van der Waals surface area (Å²) in [6, 6.07) is 2.66. The van der Waals surface area contributed by atoms with Gasteiger partial charge in [0.05, 0.1) is 4.92 Å². The van der Waals surface area contributed by atoms with E-state index in [0.29, 0.717) is 6.07 Å². The average molecular weight is 286 g/mol. The van der Waals surface area contributed by atoms with E-state index in [1.165, 1.54) is 6.92 Å². The number of aryl methyl sites for hydroxylation is 1. The van der Waals surface area contributed by atoms with Crippen LogP contribution in [0.25, 0.3) is 11.3 Å². The second-order valence-corrected chi connectivity index (χ2v) is 3.99. The zero-order chi connectivity index (χ0) is 14.2. The second-order valence-electron chi connectivity index (χ2n) is 3.66. The van der Waals surface area contributed by atoms with Crippen molar-refractivity contribution in [2.45, 2.75) is 6.92 Å². The normalized spacial score (nSPS) is 10.5. The van der Waals surface area contributed by atoms with Crippen LogP contribution >= 0.6 is 11.6 Å². The standard InChI is InChI=1S/C11H6ClF2N3O2/c1-5-10(17(18)19)9(16-11(12)15-5)7-3-2-6(13)4-8(7)14/h2-4H,1H3. The molecule has 0 spiro atoms. The van der Waals surface area contributed by atoms with Crippen molar-refractivity contribution in [2.75, 3.05) is 0 Å². The van der Waals surface area contributed by atoms with Crippen molar-refractivity contribution in [3.63, 3.8) is 0 Å². The molecular formula is C11H6ClF2N3O2. The first-order valence-electron chi connectivity index (χ1n) is 5.04. The monoisotopic (exact) mass is 285 g/mol. The molecule has 0 saturated heterocycles. The summed E-state index contributed by atoms with van der Waals surface area (Å²) in [4.78, 5) is 17.6. The molecule has 1 aromatic carbocycles. The maximum absolute atomic E-state index is 13.7. The van der Waals surface area contributed by atoms with Crippen LogP contribution in [0.2, 0.25) is 5.28 Å². The van der Waals surface area contributed by atoms with Gasteiger partial charge < -0.3 is 0 Å². The Bertz CT molecular complexity index is 679. The predicted octanol–water partition coefficient (Wildman–Crippen LogP) is 3.29. The Balaban J connectivity index is 2.77. The van der Waals surface area contributed by atoms with Gasteiger partial charge >= 0.3 is 5.69 Å². The molecule has 0 aliphatic heterocycles. The van der Waals surface area contributed by atoms with E-state index in [0.717, 1.165) is 12.1 Å². The van der Waals surface area contributed by atoms with Crippen LogP contribution in [0.5, 0.6) is 0 Å². The topological polar surface area (TPSA) is 68.9 Å². The Morgan fingerprint density at radius 3 is 2.58 bits per heavy atom. The molecule has 1 heterocycles. The van der Waals surface area contributed by atoms with Crippen LogP contribution in [0.3, 0.4) is 0 Å². The molecular weight excluding hydrogens is 280 g/mol. The van der Waals surface area contributed by atoms with Crippen LogP contribution in [0.15, 0.2) is 18.2 Å². The van der Waals surface area contributed by atoms with E-state index in [4.69, 9.17) is 11.6 Å². The average Bonchev–Trinajstić information content (AvgIpc) is 2.26. The molecule has 0 N–H and O–H groups in total. The maximum atomic E-state index is 13.7. The third-order valence-electron chi connectivity index (χ3n) is 2.40. The van der Waals surface area contributed by atoms with E-state index in [1.807, 2.05) is 0 Å². The molecule has 2 aromatic rings. The minimum Gasteiger partial charge on any atom is -0.258 e. The molecule has 0 aliphatic rings. The van der Waals surface area contributed by atoms with Crippen molar-refractivity contribution in [3.8, 4) is 11.3 Å². The first-order valence-corrected chi connectivity index (χ1v) is 5.42. The zero-order valence-electron chi connectivity index (χ0n) is 9.52. The fraction of sp³-hybridized carbons (Fsp3) is 0.0909. The Kier molecular flexibility index (Phi) is 3.39. The molecule has 0 atom stereocenters. The first-order chi connectivity index (χ1) is 8.90. The van der Waals surface area contributed by atoms with E-state index >= 15 is 0 Å². The van der Waals surface area contributed by atoms with Crippen LogP contribution in [-0.4, -0.2) is 14.9 Å². The van der Waals surface area contributed by atoms with E-state index in [1.54, 1.807) is 0 Å². The Morgan fingerprint density at radius 1 is 1.32 bits per heavy atom. The van der Waals surface area contributed by atoms with Crippen molar-refractivity contribution >= 4 is 17.3 Å². The van der Waals surface area contributed by atoms with E-state index in [2.05, 4.69) is 9.97 Å². The molecule has 98 valence electrons. The van der Waals surface area contributed by atoms with Gasteiger partial charge in [0.15, 0.2) is 5.69 Å². The number of halogens is 3. The predicted molar refractivity (Wildman–Crippen MR) is 63.8 cm³/mol. The first kappa shape index (κ1) is 13.3. The smallest absolute Gasteiger partial charge is 0.258 e. The lowest BCUT2D eigenvalue weighted by Crippen LogP contribution is -2.02. The Hall–Kier alpha value is -2.15. The molecule has 0 fully saturated rings. The fourth-order valence-corrected chi connectivity index (χ4v) is 1.83. The quantitative estimate of drug-likeness (QED) is 0.482. The molecule has 0 amide bonds. The number of hydrogen-bond donors (Lipinski definition) is 0. The summed E-state index contributed by atoms with van der Waals surface area (Å²) in [5.74, 6) is -1.75. The van der Waals surface area contributed by atoms with Gasteiger partial charge in [-0.25, -0.2) is 18.7 Å². The lowest BCUT2D eigenvalue weighted by atomic mass is 10.1. The Labute approximate surface area is 111 Å². The molecule has 8 heteroatoms. The summed E-state index contributed by atoms with van der Waals surface area (Å²) >= 11 is 5.62. The maximum Gasteiger partial charge on any atom is 0.316 e. The van der Waals surface area contributed by atoms with Crippen LogP contribution in [-0.2, 0) is 0 Å². The molecule has 0 unspecified atom stereocenters. The van der Waals surface area contributed by atoms with Crippen LogP contribution in [0, 0.1) is 28.7 Å². The van der Waals surface area contributed by atoms with Gasteiger partial charge in [0.2, 0.25) is 5.28 Å². The molecule has 0 radical (unpaired) electrons. The Morgan fingerprint density at radius 2 is 2.00 bits per heavy atom. The molecule has 0 bridgehead atoms. The molecule has 0 saturated carbocycles. The summed E-state index contributed by atoms with van der Waals surface area (Å²) in [6.45, 7) is 1.36. The number of aromatic nitrogens is 2. The van der Waals surface area contributed by atoms with E-state index in [-0.39, 0.29) is 22.2 Å². The highest BCUT2D eigenvalue weighted by Crippen LogP contribution is 2.32. The fourth-order valence-electron chi connectivity index (χ4n) is 1.62. The summed E-state index contributed by atoms with van der Waals surface area (Å²) in [5.41, 5.74) is -0.945. The molecule has 1 aromatic heterocycles. The van der Waals surface area contributed by atoms with Gasteiger partial charge in [0.1, 0.15) is 17.3 Å². The number of rotatable bonds is 2. The van der Waals surface area contributed by atoms with Crippen LogP contribution in [0.1, 0.15) is 5.69 Å². The number of hydrogen-bond acceptors (Lipinski definition) is 4. The van der Waals surface area contributed by atoms with E-state index in [9.17, 15) is 18.9 Å². The zero-order valence-corrected chi connectivity index (χ0v) is 10.3. The largest absolute Gasteiger partial charge is 0.316 e. The lowest BCUT2D eigenvalue weighted by Gasteiger charge is -2.06. The van der Waals surface area contributed by atoms with Crippen LogP contribution in [0.4, 0.5) is 14.5 Å². The minimum absolute atomic E-state index is 0.00345. The molecule has 2 rings (SSSR count). The van der Waals surface area contributed by atoms with Gasteiger partial charge in [-0.3, -0.25) is 10.1 Å². The highest BCUT2D eigenvalue weighted by atomic mass is 35.5. The highest BCUT2D eigenvalue weighted by molar-refractivity contribution is 6.28. The summed E-state index contributed by atoms with van der Waals surface area (Å²) < 4.78 is 26.5. The number of nitro groups is 1. The van der Waals surface area contributed by atoms with Gasteiger partial charge in [0.25, 0.3) is 0 Å². The minimum atomic E-state index is -0.961. The van der Waals surface area contributed by atoms with Crippen molar-refractivity contribution in [2.24, 2.45) is 0 Å². The lowest BCUT2D eigenvalue weighted by molar-refractivity contribution is -0.385. The summed E-state index contributed by atoms with van der Waals surface area (Å²) in [5, 5.41) is 10.7. The van der Waals surface area contributed by atoms with E-state index < -0.39 is 22.2 Å². The summed E-state index contributed by atoms with van der Waals surface area (Å²) in [7, 11) is 0. The number of nitrogens with zero attached hydrogens (tertiary/aromatic N) is 3. The second kappa shape index (κ2) is 4.85. The molecule has 0 aliphatic carbocycles. The third-order valence-corrected chi connectivity index (χ3v) is 2.57.